The monoisotopic (exact) mass is 236 g/mol. The van der Waals surface area contributed by atoms with E-state index in [1.807, 2.05) is 0 Å². The molecule has 1 aromatic carbocycles. The van der Waals surface area contributed by atoms with E-state index in [0.717, 1.165) is 31.4 Å². The number of phenols is 1. The summed E-state index contributed by atoms with van der Waals surface area (Å²) >= 11 is 0. The lowest BCUT2D eigenvalue weighted by atomic mass is 10.1. The van der Waals surface area contributed by atoms with Crippen molar-refractivity contribution in [3.05, 3.63) is 24.3 Å². The van der Waals surface area contributed by atoms with Crippen LogP contribution < -0.4 is 4.74 Å². The fourth-order valence-electron chi connectivity index (χ4n) is 1.56. The third-order valence-electron chi connectivity index (χ3n) is 2.53. The van der Waals surface area contributed by atoms with Crippen LogP contribution in [0.15, 0.2) is 24.3 Å². The Morgan fingerprint density at radius 2 is 1.76 bits per heavy atom. The Labute approximate surface area is 102 Å². The number of phenolic OH excluding ortho intramolecular Hbond substituents is 1. The minimum absolute atomic E-state index is 0.251. The lowest BCUT2D eigenvalue weighted by molar-refractivity contribution is -0.117. The summed E-state index contributed by atoms with van der Waals surface area (Å²) < 4.78 is 5.51. The van der Waals surface area contributed by atoms with E-state index >= 15 is 0 Å². The second kappa shape index (κ2) is 7.71. The number of Topliss-reactive ketones (excluding diaryl/α,β-unsaturated/α-hetero) is 1. The van der Waals surface area contributed by atoms with Crippen LogP contribution in [0.25, 0.3) is 0 Å². The summed E-state index contributed by atoms with van der Waals surface area (Å²) in [6.07, 6.45) is 4.84. The minimum atomic E-state index is 0.251. The molecular formula is C14H20O3. The fourth-order valence-corrected chi connectivity index (χ4v) is 1.56. The Hall–Kier alpha value is -1.51. The maximum Gasteiger partial charge on any atom is 0.129 e. The van der Waals surface area contributed by atoms with Crippen molar-refractivity contribution < 1.29 is 14.6 Å². The van der Waals surface area contributed by atoms with E-state index in [0.29, 0.717) is 13.0 Å². The molecule has 0 saturated carbocycles. The number of benzene rings is 1. The maximum absolute atomic E-state index is 10.7. The highest BCUT2D eigenvalue weighted by Crippen LogP contribution is 2.16. The lowest BCUT2D eigenvalue weighted by Gasteiger charge is -2.05. The van der Waals surface area contributed by atoms with Gasteiger partial charge in [-0.2, -0.15) is 0 Å². The largest absolute Gasteiger partial charge is 0.508 e. The first-order valence-electron chi connectivity index (χ1n) is 6.10. The first-order chi connectivity index (χ1) is 8.18. The van der Waals surface area contributed by atoms with Crippen LogP contribution in [0.5, 0.6) is 11.5 Å². The standard InChI is InChI=1S/C14H20O3/c1-12(15)6-4-2-3-5-11-17-14-9-7-13(16)8-10-14/h7-10,16H,2-6,11H2,1H3. The summed E-state index contributed by atoms with van der Waals surface area (Å²) in [7, 11) is 0. The van der Waals surface area contributed by atoms with Gasteiger partial charge in [0.05, 0.1) is 6.61 Å². The fraction of sp³-hybridized carbons (Fsp3) is 0.500. The van der Waals surface area contributed by atoms with E-state index in [2.05, 4.69) is 0 Å². The molecule has 0 spiro atoms. The zero-order valence-corrected chi connectivity index (χ0v) is 10.3. The maximum atomic E-state index is 10.7. The second-order valence-electron chi connectivity index (χ2n) is 4.21. The van der Waals surface area contributed by atoms with Gasteiger partial charge in [0.2, 0.25) is 0 Å². The van der Waals surface area contributed by atoms with Gasteiger partial charge in [-0.15, -0.1) is 0 Å². The highest BCUT2D eigenvalue weighted by atomic mass is 16.5. The number of ketones is 1. The van der Waals surface area contributed by atoms with E-state index in [9.17, 15) is 4.79 Å². The molecule has 1 N–H and O–H groups in total. The number of ether oxygens (including phenoxy) is 1. The minimum Gasteiger partial charge on any atom is -0.508 e. The van der Waals surface area contributed by atoms with Crippen LogP contribution in [-0.4, -0.2) is 17.5 Å². The van der Waals surface area contributed by atoms with Gasteiger partial charge in [0, 0.05) is 6.42 Å². The molecular weight excluding hydrogens is 216 g/mol. The summed E-state index contributed by atoms with van der Waals surface area (Å²) in [6, 6.07) is 6.74. The Kier molecular flexibility index (Phi) is 6.15. The number of aromatic hydroxyl groups is 1. The zero-order chi connectivity index (χ0) is 12.5. The molecule has 0 radical (unpaired) electrons. The molecule has 0 aromatic heterocycles. The molecule has 0 aliphatic carbocycles. The van der Waals surface area contributed by atoms with Crippen molar-refractivity contribution >= 4 is 5.78 Å². The molecule has 0 bridgehead atoms. The van der Waals surface area contributed by atoms with Gasteiger partial charge in [-0.05, 0) is 44.0 Å². The van der Waals surface area contributed by atoms with Crippen molar-refractivity contribution in [2.24, 2.45) is 0 Å². The summed E-state index contributed by atoms with van der Waals surface area (Å²) in [5, 5.41) is 9.09. The molecule has 94 valence electrons. The van der Waals surface area contributed by atoms with Gasteiger partial charge in [0.1, 0.15) is 17.3 Å². The average Bonchev–Trinajstić information content (AvgIpc) is 2.30. The van der Waals surface area contributed by atoms with Gasteiger partial charge in [0.15, 0.2) is 0 Å². The number of carbonyl (C=O) groups excluding carboxylic acids is 1. The number of hydrogen-bond acceptors (Lipinski definition) is 3. The van der Waals surface area contributed by atoms with Gasteiger partial charge in [-0.1, -0.05) is 12.8 Å². The number of hydrogen-bond donors (Lipinski definition) is 1. The van der Waals surface area contributed by atoms with Crippen LogP contribution >= 0.6 is 0 Å². The number of carbonyl (C=O) groups is 1. The Bertz CT molecular complexity index is 330. The van der Waals surface area contributed by atoms with Crippen LogP contribution in [-0.2, 0) is 4.79 Å². The van der Waals surface area contributed by atoms with Crippen molar-refractivity contribution in [3.8, 4) is 11.5 Å². The average molecular weight is 236 g/mol. The Morgan fingerprint density at radius 1 is 1.12 bits per heavy atom. The molecule has 3 nitrogen and oxygen atoms in total. The van der Waals surface area contributed by atoms with E-state index < -0.39 is 0 Å². The van der Waals surface area contributed by atoms with Crippen LogP contribution in [0.3, 0.4) is 0 Å². The van der Waals surface area contributed by atoms with Crippen LogP contribution in [0.1, 0.15) is 39.0 Å². The molecule has 0 unspecified atom stereocenters. The van der Waals surface area contributed by atoms with Crippen molar-refractivity contribution in [2.45, 2.75) is 39.0 Å². The first kappa shape index (κ1) is 13.6. The Morgan fingerprint density at radius 3 is 2.41 bits per heavy atom. The lowest BCUT2D eigenvalue weighted by Crippen LogP contribution is -1.97. The van der Waals surface area contributed by atoms with Gasteiger partial charge < -0.3 is 14.6 Å². The van der Waals surface area contributed by atoms with Crippen LogP contribution in [0, 0.1) is 0 Å². The first-order valence-corrected chi connectivity index (χ1v) is 6.10. The number of rotatable bonds is 8. The predicted molar refractivity (Wildman–Crippen MR) is 67.4 cm³/mol. The van der Waals surface area contributed by atoms with Crippen molar-refractivity contribution in [3.63, 3.8) is 0 Å². The molecule has 0 heterocycles. The third kappa shape index (κ3) is 6.61. The summed E-state index contributed by atoms with van der Waals surface area (Å²) in [5.41, 5.74) is 0. The van der Waals surface area contributed by atoms with E-state index in [4.69, 9.17) is 9.84 Å². The second-order valence-corrected chi connectivity index (χ2v) is 4.21. The van der Waals surface area contributed by atoms with Crippen molar-refractivity contribution in [1.82, 2.24) is 0 Å². The molecule has 0 atom stereocenters. The topological polar surface area (TPSA) is 46.5 Å². The van der Waals surface area contributed by atoms with Crippen LogP contribution in [0.4, 0.5) is 0 Å². The molecule has 1 rings (SSSR count). The van der Waals surface area contributed by atoms with E-state index in [1.54, 1.807) is 31.2 Å². The quantitative estimate of drug-likeness (QED) is 0.704. The summed E-state index contributed by atoms with van der Waals surface area (Å²) in [4.78, 5) is 10.7. The van der Waals surface area contributed by atoms with Gasteiger partial charge >= 0.3 is 0 Å². The van der Waals surface area contributed by atoms with Crippen molar-refractivity contribution in [1.29, 1.82) is 0 Å². The Balaban J connectivity index is 2.01. The smallest absolute Gasteiger partial charge is 0.129 e. The normalized spacial score (nSPS) is 10.2. The molecule has 0 amide bonds. The molecule has 0 fully saturated rings. The number of unbranched alkanes of at least 4 members (excludes halogenated alkanes) is 3. The highest BCUT2D eigenvalue weighted by Gasteiger charge is 1.96. The predicted octanol–water partition coefficient (Wildman–Crippen LogP) is 3.31. The zero-order valence-electron chi connectivity index (χ0n) is 10.3. The third-order valence-corrected chi connectivity index (χ3v) is 2.53. The SMILES string of the molecule is CC(=O)CCCCCCOc1ccc(O)cc1. The molecule has 0 aliphatic rings. The van der Waals surface area contributed by atoms with Gasteiger partial charge in [0.25, 0.3) is 0 Å². The highest BCUT2D eigenvalue weighted by molar-refractivity contribution is 5.75. The molecule has 17 heavy (non-hydrogen) atoms. The molecule has 0 saturated heterocycles. The summed E-state index contributed by atoms with van der Waals surface area (Å²) in [6.45, 7) is 2.32. The van der Waals surface area contributed by atoms with Gasteiger partial charge in [-0.3, -0.25) is 0 Å². The molecule has 0 aliphatic heterocycles. The molecule has 1 aromatic rings. The summed E-state index contributed by atoms with van der Waals surface area (Å²) in [5.74, 6) is 1.30. The van der Waals surface area contributed by atoms with E-state index in [-0.39, 0.29) is 11.5 Å². The van der Waals surface area contributed by atoms with Crippen molar-refractivity contribution in [2.75, 3.05) is 6.61 Å². The van der Waals surface area contributed by atoms with Gasteiger partial charge in [-0.25, -0.2) is 0 Å². The molecule has 3 heteroatoms. The van der Waals surface area contributed by atoms with E-state index in [1.165, 1.54) is 0 Å². The van der Waals surface area contributed by atoms with Crippen LogP contribution in [0.2, 0.25) is 0 Å².